The van der Waals surface area contributed by atoms with Gasteiger partial charge in [-0.1, -0.05) is 6.92 Å². The Kier molecular flexibility index (Phi) is 7.45. The van der Waals surface area contributed by atoms with Gasteiger partial charge in [0.15, 0.2) is 0 Å². The minimum absolute atomic E-state index is 0.324. The van der Waals surface area contributed by atoms with Gasteiger partial charge in [-0.05, 0) is 20.3 Å². The summed E-state index contributed by atoms with van der Waals surface area (Å²) < 4.78 is 5.07. The number of nitriles is 1. The van der Waals surface area contributed by atoms with Crippen LogP contribution in [-0.2, 0) is 4.74 Å². The molecule has 0 bridgehead atoms. The van der Waals surface area contributed by atoms with Gasteiger partial charge >= 0.3 is 0 Å². The highest BCUT2D eigenvalue weighted by Gasteiger charge is 2.17. The summed E-state index contributed by atoms with van der Waals surface area (Å²) in [7, 11) is 1.71. The minimum atomic E-state index is 0.324. The van der Waals surface area contributed by atoms with E-state index in [0.29, 0.717) is 18.5 Å². The van der Waals surface area contributed by atoms with Crippen molar-refractivity contribution in [3.05, 3.63) is 0 Å². The van der Waals surface area contributed by atoms with Gasteiger partial charge in [-0.2, -0.15) is 5.26 Å². The predicted molar refractivity (Wildman–Crippen MR) is 58.0 cm³/mol. The lowest BCUT2D eigenvalue weighted by Crippen LogP contribution is -2.41. The van der Waals surface area contributed by atoms with Crippen molar-refractivity contribution >= 4 is 0 Å². The highest BCUT2D eigenvalue weighted by molar-refractivity contribution is 4.82. The molecular formula is C11H22N2O. The third-order valence-corrected chi connectivity index (χ3v) is 2.66. The highest BCUT2D eigenvalue weighted by Crippen LogP contribution is 2.10. The molecule has 0 amide bonds. The first-order chi connectivity index (χ1) is 6.67. The molecule has 0 aromatic carbocycles. The number of ether oxygens (including phenoxy) is 1. The van der Waals surface area contributed by atoms with E-state index < -0.39 is 0 Å². The van der Waals surface area contributed by atoms with Crippen molar-refractivity contribution in [1.29, 1.82) is 5.26 Å². The molecule has 3 nitrogen and oxygen atoms in total. The van der Waals surface area contributed by atoms with Crippen LogP contribution >= 0.6 is 0 Å². The molecular weight excluding hydrogens is 176 g/mol. The Labute approximate surface area is 87.7 Å². The maximum atomic E-state index is 8.66. The van der Waals surface area contributed by atoms with Crippen molar-refractivity contribution in [2.75, 3.05) is 20.3 Å². The number of methoxy groups -OCH3 is 1. The Hall–Kier alpha value is -0.590. The summed E-state index contributed by atoms with van der Waals surface area (Å²) in [5, 5.41) is 8.66. The molecule has 0 radical (unpaired) electrons. The van der Waals surface area contributed by atoms with Gasteiger partial charge in [0.1, 0.15) is 0 Å². The smallest absolute Gasteiger partial charge is 0.0638 e. The molecule has 0 aromatic rings. The van der Waals surface area contributed by atoms with Crippen molar-refractivity contribution in [3.8, 4) is 6.07 Å². The fourth-order valence-electron chi connectivity index (χ4n) is 1.56. The Morgan fingerprint density at radius 3 is 2.43 bits per heavy atom. The molecule has 0 N–H and O–H groups in total. The van der Waals surface area contributed by atoms with Crippen LogP contribution in [0.1, 0.15) is 33.6 Å². The van der Waals surface area contributed by atoms with Crippen LogP contribution in [-0.4, -0.2) is 37.2 Å². The summed E-state index contributed by atoms with van der Waals surface area (Å²) in [6, 6.07) is 3.07. The second kappa shape index (κ2) is 7.78. The zero-order valence-corrected chi connectivity index (χ0v) is 9.79. The predicted octanol–water partition coefficient (Wildman–Crippen LogP) is 2.04. The van der Waals surface area contributed by atoms with Crippen molar-refractivity contribution in [2.24, 2.45) is 0 Å². The maximum Gasteiger partial charge on any atom is 0.0638 e. The molecule has 0 fully saturated rings. The Balaban J connectivity index is 4.15. The molecule has 82 valence electrons. The molecule has 2 atom stereocenters. The second-order valence-electron chi connectivity index (χ2n) is 3.70. The van der Waals surface area contributed by atoms with Crippen LogP contribution < -0.4 is 0 Å². The van der Waals surface area contributed by atoms with Crippen LogP contribution in [0.3, 0.4) is 0 Å². The number of nitrogens with zero attached hydrogens (tertiary/aromatic N) is 2. The van der Waals surface area contributed by atoms with Crippen LogP contribution in [0.2, 0.25) is 0 Å². The van der Waals surface area contributed by atoms with Crippen LogP contribution in [0.25, 0.3) is 0 Å². The first-order valence-electron chi connectivity index (χ1n) is 5.29. The molecule has 0 aromatic heterocycles. The van der Waals surface area contributed by atoms with E-state index >= 15 is 0 Å². The van der Waals surface area contributed by atoms with Gasteiger partial charge in [0.25, 0.3) is 0 Å². The van der Waals surface area contributed by atoms with Crippen molar-refractivity contribution in [2.45, 2.75) is 45.7 Å². The summed E-state index contributed by atoms with van der Waals surface area (Å²) >= 11 is 0. The van der Waals surface area contributed by atoms with Gasteiger partial charge < -0.3 is 4.74 Å². The van der Waals surface area contributed by atoms with Crippen molar-refractivity contribution < 1.29 is 4.74 Å². The lowest BCUT2D eigenvalue weighted by molar-refractivity contribution is 0.0954. The van der Waals surface area contributed by atoms with Gasteiger partial charge in [-0.3, -0.25) is 4.90 Å². The van der Waals surface area contributed by atoms with Crippen LogP contribution in [0.15, 0.2) is 0 Å². The Bertz CT molecular complexity index is 177. The number of rotatable bonds is 7. The summed E-state index contributed by atoms with van der Waals surface area (Å²) in [5.41, 5.74) is 0. The first kappa shape index (κ1) is 13.4. The van der Waals surface area contributed by atoms with Crippen molar-refractivity contribution in [3.63, 3.8) is 0 Å². The maximum absolute atomic E-state index is 8.66. The van der Waals surface area contributed by atoms with E-state index in [4.69, 9.17) is 10.00 Å². The summed E-state index contributed by atoms with van der Waals surface area (Å²) in [5.74, 6) is 0. The van der Waals surface area contributed by atoms with Crippen molar-refractivity contribution in [1.82, 2.24) is 4.90 Å². The molecule has 0 aliphatic heterocycles. The average molecular weight is 198 g/mol. The van der Waals surface area contributed by atoms with E-state index in [2.05, 4.69) is 31.7 Å². The largest absolute Gasteiger partial charge is 0.383 e. The van der Waals surface area contributed by atoms with Crippen LogP contribution in [0.4, 0.5) is 0 Å². The molecule has 0 spiro atoms. The lowest BCUT2D eigenvalue weighted by Gasteiger charge is -2.32. The fraction of sp³-hybridized carbons (Fsp3) is 0.909. The summed E-state index contributed by atoms with van der Waals surface area (Å²) in [6.45, 7) is 8.12. The summed E-state index contributed by atoms with van der Waals surface area (Å²) in [4.78, 5) is 2.34. The highest BCUT2D eigenvalue weighted by atomic mass is 16.5. The zero-order valence-electron chi connectivity index (χ0n) is 9.79. The SMILES string of the molecule is CCC(C)N(CCOC)C(C)CC#N. The van der Waals surface area contributed by atoms with E-state index in [1.54, 1.807) is 7.11 Å². The molecule has 0 saturated carbocycles. The Morgan fingerprint density at radius 1 is 1.36 bits per heavy atom. The van der Waals surface area contributed by atoms with E-state index in [9.17, 15) is 0 Å². The van der Waals surface area contributed by atoms with Gasteiger partial charge in [0.2, 0.25) is 0 Å². The van der Waals surface area contributed by atoms with E-state index in [0.717, 1.165) is 19.6 Å². The number of hydrogen-bond donors (Lipinski definition) is 0. The molecule has 14 heavy (non-hydrogen) atoms. The average Bonchev–Trinajstić information content (AvgIpc) is 2.18. The van der Waals surface area contributed by atoms with Gasteiger partial charge in [-0.25, -0.2) is 0 Å². The van der Waals surface area contributed by atoms with Gasteiger partial charge in [-0.15, -0.1) is 0 Å². The fourth-order valence-corrected chi connectivity index (χ4v) is 1.56. The first-order valence-corrected chi connectivity index (χ1v) is 5.29. The topological polar surface area (TPSA) is 36.3 Å². The van der Waals surface area contributed by atoms with E-state index in [1.807, 2.05) is 0 Å². The van der Waals surface area contributed by atoms with Gasteiger partial charge in [0, 0.05) is 25.7 Å². The molecule has 0 aliphatic rings. The monoisotopic (exact) mass is 198 g/mol. The molecule has 3 heteroatoms. The van der Waals surface area contributed by atoms with Gasteiger partial charge in [0.05, 0.1) is 19.1 Å². The normalized spacial score (nSPS) is 15.1. The molecule has 2 unspecified atom stereocenters. The molecule has 0 heterocycles. The third-order valence-electron chi connectivity index (χ3n) is 2.66. The molecule has 0 aliphatic carbocycles. The standard InChI is InChI=1S/C11H22N2O/c1-5-10(2)13(8-9-14-4)11(3)6-7-12/h10-11H,5-6,8-9H2,1-4H3. The summed E-state index contributed by atoms with van der Waals surface area (Å²) in [6.07, 6.45) is 1.70. The quantitative estimate of drug-likeness (QED) is 0.628. The lowest BCUT2D eigenvalue weighted by atomic mass is 10.1. The molecule has 0 rings (SSSR count). The zero-order chi connectivity index (χ0) is 11.0. The molecule has 0 saturated heterocycles. The minimum Gasteiger partial charge on any atom is -0.383 e. The van der Waals surface area contributed by atoms with Crippen LogP contribution in [0.5, 0.6) is 0 Å². The van der Waals surface area contributed by atoms with E-state index in [-0.39, 0.29) is 0 Å². The second-order valence-corrected chi connectivity index (χ2v) is 3.70. The van der Waals surface area contributed by atoms with E-state index in [1.165, 1.54) is 0 Å². The Morgan fingerprint density at radius 2 is 2.00 bits per heavy atom. The van der Waals surface area contributed by atoms with Crippen LogP contribution in [0, 0.1) is 11.3 Å². The number of hydrogen-bond acceptors (Lipinski definition) is 3. The third kappa shape index (κ3) is 4.59.